The Bertz CT molecular complexity index is 1420. The summed E-state index contributed by atoms with van der Waals surface area (Å²) >= 11 is 9.59. The number of hydrogen-bond acceptors (Lipinski definition) is 4. The number of amides is 2. The van der Waals surface area contributed by atoms with Crippen LogP contribution in [-0.2, 0) is 9.59 Å². The number of fused-ring (bicyclic) bond motifs is 5. The second-order valence-electron chi connectivity index (χ2n) is 8.82. The van der Waals surface area contributed by atoms with Gasteiger partial charge in [-0.3, -0.25) is 14.4 Å². The molecule has 6 rings (SSSR count). The van der Waals surface area contributed by atoms with Gasteiger partial charge in [-0.1, -0.05) is 51.8 Å². The summed E-state index contributed by atoms with van der Waals surface area (Å²) in [6, 6.07) is 16.2. The van der Waals surface area contributed by atoms with Crippen LogP contribution in [0.15, 0.2) is 77.3 Å². The van der Waals surface area contributed by atoms with Gasteiger partial charge in [0.25, 0.3) is 0 Å². The number of hydrogen-bond donors (Lipinski definition) is 0. The summed E-state index contributed by atoms with van der Waals surface area (Å²) in [5, 5.41) is 0.552. The fourth-order valence-electron chi connectivity index (χ4n) is 5.47. The number of halogens is 3. The third kappa shape index (κ3) is 3.37. The molecule has 3 aromatic carbocycles. The minimum Gasteiger partial charge on any atom is -0.352 e. The van der Waals surface area contributed by atoms with Crippen molar-refractivity contribution in [2.45, 2.75) is 12.1 Å². The summed E-state index contributed by atoms with van der Waals surface area (Å²) in [5.41, 5.74) is 2.31. The predicted octanol–water partition coefficient (Wildman–Crippen LogP) is 5.51. The topological polar surface area (TPSA) is 57.7 Å². The van der Waals surface area contributed by atoms with Crippen molar-refractivity contribution in [3.63, 3.8) is 0 Å². The van der Waals surface area contributed by atoms with E-state index in [1.807, 2.05) is 23.1 Å². The molecule has 0 bridgehead atoms. The monoisotopic (exact) mass is 550 g/mol. The highest BCUT2D eigenvalue weighted by Crippen LogP contribution is 2.50. The molecule has 2 amide bonds. The van der Waals surface area contributed by atoms with Crippen LogP contribution in [0.5, 0.6) is 0 Å². The number of imide groups is 1. The molecule has 8 heteroatoms. The zero-order chi connectivity index (χ0) is 24.4. The first kappa shape index (κ1) is 22.2. The van der Waals surface area contributed by atoms with Gasteiger partial charge >= 0.3 is 0 Å². The molecule has 3 heterocycles. The van der Waals surface area contributed by atoms with Crippen LogP contribution in [-0.4, -0.2) is 29.7 Å². The van der Waals surface area contributed by atoms with Crippen LogP contribution in [0, 0.1) is 17.7 Å². The molecule has 4 atom stereocenters. The lowest BCUT2D eigenvalue weighted by molar-refractivity contribution is -0.122. The van der Waals surface area contributed by atoms with Crippen molar-refractivity contribution >= 4 is 62.6 Å². The van der Waals surface area contributed by atoms with Crippen LogP contribution in [0.4, 0.5) is 15.8 Å². The van der Waals surface area contributed by atoms with E-state index < -0.39 is 41.6 Å². The third-order valence-corrected chi connectivity index (χ3v) is 7.71. The minimum absolute atomic E-state index is 0.242. The first-order chi connectivity index (χ1) is 16.8. The van der Waals surface area contributed by atoms with Gasteiger partial charge in [-0.15, -0.1) is 0 Å². The minimum atomic E-state index is -0.891. The molecule has 2 fully saturated rings. The van der Waals surface area contributed by atoms with Crippen molar-refractivity contribution in [1.29, 1.82) is 0 Å². The van der Waals surface area contributed by atoms with Crippen molar-refractivity contribution in [3.8, 4) is 0 Å². The molecular weight excluding hydrogens is 535 g/mol. The highest BCUT2D eigenvalue weighted by molar-refractivity contribution is 9.10. The molecule has 0 aromatic heterocycles. The lowest BCUT2D eigenvalue weighted by atomic mass is 9.86. The van der Waals surface area contributed by atoms with Crippen molar-refractivity contribution in [1.82, 2.24) is 0 Å². The van der Waals surface area contributed by atoms with Gasteiger partial charge in [-0.05, 0) is 60.2 Å². The quantitative estimate of drug-likeness (QED) is 0.318. The van der Waals surface area contributed by atoms with E-state index in [2.05, 4.69) is 15.9 Å². The Morgan fingerprint density at radius 1 is 0.914 bits per heavy atom. The van der Waals surface area contributed by atoms with Crippen molar-refractivity contribution in [3.05, 3.63) is 99.2 Å². The van der Waals surface area contributed by atoms with E-state index >= 15 is 0 Å². The molecule has 0 radical (unpaired) electrons. The summed E-state index contributed by atoms with van der Waals surface area (Å²) < 4.78 is 14.3. The van der Waals surface area contributed by atoms with Crippen LogP contribution in [0.2, 0.25) is 5.02 Å². The molecule has 0 spiro atoms. The van der Waals surface area contributed by atoms with Gasteiger partial charge in [0.2, 0.25) is 11.8 Å². The molecule has 3 aliphatic heterocycles. The first-order valence-electron chi connectivity index (χ1n) is 11.0. The van der Waals surface area contributed by atoms with Gasteiger partial charge in [0, 0.05) is 20.7 Å². The third-order valence-electron chi connectivity index (χ3n) is 6.95. The Morgan fingerprint density at radius 3 is 2.31 bits per heavy atom. The molecule has 174 valence electrons. The van der Waals surface area contributed by atoms with Crippen molar-refractivity contribution in [2.24, 2.45) is 11.8 Å². The number of nitrogens with zero attached hydrogens (tertiary/aromatic N) is 2. The Morgan fingerprint density at radius 2 is 1.60 bits per heavy atom. The number of rotatable bonds is 3. The molecule has 3 aromatic rings. The smallest absolute Gasteiger partial charge is 0.240 e. The lowest BCUT2D eigenvalue weighted by Crippen LogP contribution is -2.48. The van der Waals surface area contributed by atoms with Crippen LogP contribution < -0.4 is 9.80 Å². The molecule has 0 saturated carbocycles. The van der Waals surface area contributed by atoms with Gasteiger partial charge in [-0.2, -0.15) is 0 Å². The van der Waals surface area contributed by atoms with Gasteiger partial charge in [-0.25, -0.2) is 9.29 Å². The lowest BCUT2D eigenvalue weighted by Gasteiger charge is -2.36. The SMILES string of the molecule is O=C(c1ccc(Br)cc1)C1C2C(=O)N(c3ccc(F)cc3)C(=O)C2C2C=Cc3cc(Cl)ccc3N21. The zero-order valence-corrected chi connectivity index (χ0v) is 20.4. The van der Waals surface area contributed by atoms with E-state index in [4.69, 9.17) is 11.6 Å². The number of carbonyl (C=O) groups excluding carboxylic acids is 3. The van der Waals surface area contributed by atoms with Crippen LogP contribution in [0.3, 0.4) is 0 Å². The summed E-state index contributed by atoms with van der Waals surface area (Å²) in [7, 11) is 0. The Kier molecular flexibility index (Phi) is 5.16. The maximum atomic E-state index is 13.9. The largest absolute Gasteiger partial charge is 0.352 e. The molecular formula is C27H17BrClFN2O3. The zero-order valence-electron chi connectivity index (χ0n) is 18.1. The van der Waals surface area contributed by atoms with Gasteiger partial charge in [0.05, 0.1) is 23.6 Å². The van der Waals surface area contributed by atoms with E-state index in [1.165, 1.54) is 24.3 Å². The van der Waals surface area contributed by atoms with E-state index in [-0.39, 0.29) is 5.78 Å². The summed E-state index contributed by atoms with van der Waals surface area (Å²) in [4.78, 5) is 44.4. The van der Waals surface area contributed by atoms with E-state index in [9.17, 15) is 18.8 Å². The van der Waals surface area contributed by atoms with Crippen molar-refractivity contribution < 1.29 is 18.8 Å². The highest BCUT2D eigenvalue weighted by atomic mass is 79.9. The summed E-state index contributed by atoms with van der Waals surface area (Å²) in [6.07, 6.45) is 3.74. The normalized spacial score (nSPS) is 24.4. The van der Waals surface area contributed by atoms with E-state index in [1.54, 1.807) is 36.4 Å². The fourth-order valence-corrected chi connectivity index (χ4v) is 5.92. The predicted molar refractivity (Wildman–Crippen MR) is 135 cm³/mol. The van der Waals surface area contributed by atoms with E-state index in [0.29, 0.717) is 16.3 Å². The maximum absolute atomic E-state index is 13.9. The average molecular weight is 552 g/mol. The maximum Gasteiger partial charge on any atom is 0.240 e. The Labute approximate surface area is 213 Å². The standard InChI is InChI=1S/C27H17BrClFN2O3/c28-16-4-1-14(2-5-16)25(33)24-23-22(21-11-3-15-13-17(29)6-12-20(15)32(21)24)26(34)31(27(23)35)19-9-7-18(30)8-10-19/h1-13,21-24H. The first-order valence-corrected chi connectivity index (χ1v) is 12.2. The van der Waals surface area contributed by atoms with E-state index in [0.717, 1.165) is 20.6 Å². The molecule has 0 N–H and O–H groups in total. The van der Waals surface area contributed by atoms with Crippen LogP contribution >= 0.6 is 27.5 Å². The summed E-state index contributed by atoms with van der Waals surface area (Å²) in [6.45, 7) is 0. The van der Waals surface area contributed by atoms with Crippen LogP contribution in [0.1, 0.15) is 15.9 Å². The second kappa shape index (κ2) is 8.14. The number of ketones is 1. The molecule has 4 unspecified atom stereocenters. The van der Waals surface area contributed by atoms with Gasteiger partial charge < -0.3 is 4.90 Å². The molecule has 2 saturated heterocycles. The Balaban J connectivity index is 1.49. The highest BCUT2D eigenvalue weighted by Gasteiger charge is 2.64. The fraction of sp³-hybridized carbons (Fsp3) is 0.148. The molecule has 0 aliphatic carbocycles. The molecule has 3 aliphatic rings. The second-order valence-corrected chi connectivity index (χ2v) is 10.2. The van der Waals surface area contributed by atoms with Crippen LogP contribution in [0.25, 0.3) is 6.08 Å². The Hall–Kier alpha value is -3.29. The van der Waals surface area contributed by atoms with Gasteiger partial charge in [0.1, 0.15) is 11.9 Å². The van der Waals surface area contributed by atoms with Crippen molar-refractivity contribution in [2.75, 3.05) is 9.80 Å². The number of benzene rings is 3. The molecule has 35 heavy (non-hydrogen) atoms. The number of anilines is 2. The average Bonchev–Trinajstić information content (AvgIpc) is 3.32. The summed E-state index contributed by atoms with van der Waals surface area (Å²) in [5.74, 6) is -3.20. The van der Waals surface area contributed by atoms with Gasteiger partial charge in [0.15, 0.2) is 5.78 Å². The number of carbonyl (C=O) groups is 3. The molecule has 5 nitrogen and oxygen atoms in total. The number of Topliss-reactive ketones (excluding diaryl/α,β-unsaturated/α-hetero) is 1.